The lowest BCUT2D eigenvalue weighted by Crippen LogP contribution is -2.43. The number of nitrogens with zero attached hydrogens (tertiary/aromatic N) is 2. The average molecular weight is 455 g/mol. The highest BCUT2D eigenvalue weighted by atomic mass is 35.5. The van der Waals surface area contributed by atoms with Crippen LogP contribution in [0.15, 0.2) is 30.7 Å². The number of pyridine rings is 1. The molecule has 4 rings (SSSR count). The molecular formula is C20H20Cl2N2O4S. The third kappa shape index (κ3) is 4.17. The van der Waals surface area contributed by atoms with Crippen LogP contribution in [0.4, 0.5) is 4.79 Å². The van der Waals surface area contributed by atoms with Crippen molar-refractivity contribution < 1.29 is 19.0 Å². The first-order chi connectivity index (χ1) is 13.7. The maximum Gasteiger partial charge on any atom is 0.411 e. The van der Waals surface area contributed by atoms with Gasteiger partial charge in [-0.25, -0.2) is 9.78 Å². The Morgan fingerprint density at radius 2 is 2.00 bits per heavy atom. The fraction of sp³-hybridized carbons (Fsp3) is 0.400. The molecule has 0 N–H and O–H groups in total. The van der Waals surface area contributed by atoms with Crippen molar-refractivity contribution >= 4 is 40.6 Å². The zero-order chi connectivity index (χ0) is 20.8. The van der Waals surface area contributed by atoms with E-state index in [1.165, 1.54) is 23.9 Å². The molecule has 0 bridgehead atoms. The van der Waals surface area contributed by atoms with E-state index in [9.17, 15) is 4.79 Å². The Balaban J connectivity index is 1.77. The van der Waals surface area contributed by atoms with E-state index in [0.717, 1.165) is 16.0 Å². The smallest absolute Gasteiger partial charge is 0.411 e. The largest absolute Gasteiger partial charge is 0.454 e. The summed E-state index contributed by atoms with van der Waals surface area (Å²) < 4.78 is 17.0. The third-order valence-corrected chi connectivity index (χ3v) is 6.14. The SMILES string of the molecule is CC(C)(C)OC(=O)N1CCc2ccc(Cl)nc2C1c1cc(C2OC=CO2)sc1Cl. The Morgan fingerprint density at radius 3 is 2.69 bits per heavy atom. The van der Waals surface area contributed by atoms with Crippen molar-refractivity contribution in [1.29, 1.82) is 0 Å². The summed E-state index contributed by atoms with van der Waals surface area (Å²) in [7, 11) is 0. The van der Waals surface area contributed by atoms with E-state index in [4.69, 9.17) is 37.4 Å². The van der Waals surface area contributed by atoms with Gasteiger partial charge >= 0.3 is 6.09 Å². The molecule has 6 nitrogen and oxygen atoms in total. The fourth-order valence-corrected chi connectivity index (χ4v) is 4.82. The molecule has 154 valence electrons. The summed E-state index contributed by atoms with van der Waals surface area (Å²) in [6.07, 6.45) is 2.66. The molecular weight excluding hydrogens is 435 g/mol. The van der Waals surface area contributed by atoms with Crippen LogP contribution in [0.5, 0.6) is 0 Å². The molecule has 29 heavy (non-hydrogen) atoms. The van der Waals surface area contributed by atoms with Gasteiger partial charge in [-0.2, -0.15) is 0 Å². The molecule has 0 aliphatic carbocycles. The number of fused-ring (bicyclic) bond motifs is 1. The van der Waals surface area contributed by atoms with Crippen molar-refractivity contribution in [3.63, 3.8) is 0 Å². The van der Waals surface area contributed by atoms with Gasteiger partial charge in [-0.1, -0.05) is 29.3 Å². The summed E-state index contributed by atoms with van der Waals surface area (Å²) in [5, 5.41) is 0.359. The number of thiophene rings is 1. The van der Waals surface area contributed by atoms with Crippen LogP contribution < -0.4 is 0 Å². The van der Waals surface area contributed by atoms with Gasteiger partial charge in [-0.15, -0.1) is 11.3 Å². The number of aromatic nitrogens is 1. The summed E-state index contributed by atoms with van der Waals surface area (Å²) in [5.74, 6) is 0. The predicted octanol–water partition coefficient (Wildman–Crippen LogP) is 5.85. The highest BCUT2D eigenvalue weighted by molar-refractivity contribution is 7.16. The standard InChI is InChI=1S/C20H20Cl2N2O4S/c1-20(2,3)28-19(25)24-7-6-11-4-5-14(21)23-15(11)16(24)12-10-13(29-17(12)22)18-26-8-9-27-18/h4-5,8-10,16,18H,6-7H2,1-3H3. The number of carbonyl (C=O) groups excluding carboxylic acids is 1. The maximum atomic E-state index is 13.0. The summed E-state index contributed by atoms with van der Waals surface area (Å²) >= 11 is 14.1. The predicted molar refractivity (Wildman–Crippen MR) is 111 cm³/mol. The number of carbonyl (C=O) groups is 1. The van der Waals surface area contributed by atoms with Crippen molar-refractivity contribution in [3.05, 3.63) is 61.9 Å². The zero-order valence-electron chi connectivity index (χ0n) is 16.1. The van der Waals surface area contributed by atoms with Gasteiger partial charge < -0.3 is 14.2 Å². The van der Waals surface area contributed by atoms with E-state index in [-0.39, 0.29) is 0 Å². The normalized spacial score (nSPS) is 18.9. The summed E-state index contributed by atoms with van der Waals surface area (Å²) in [6.45, 7) is 5.99. The average Bonchev–Trinajstić information content (AvgIpc) is 3.28. The molecule has 9 heteroatoms. The molecule has 0 saturated carbocycles. The Bertz CT molecular complexity index is 962. The second-order valence-corrected chi connectivity index (χ2v) is 9.83. The number of rotatable bonds is 2. The van der Waals surface area contributed by atoms with E-state index in [2.05, 4.69) is 4.98 Å². The molecule has 2 aliphatic heterocycles. The molecule has 4 heterocycles. The first-order valence-corrected chi connectivity index (χ1v) is 10.7. The quantitative estimate of drug-likeness (QED) is 0.532. The van der Waals surface area contributed by atoms with Crippen LogP contribution in [-0.2, 0) is 20.6 Å². The van der Waals surface area contributed by atoms with Gasteiger partial charge in [0, 0.05) is 12.1 Å². The molecule has 0 radical (unpaired) electrons. The van der Waals surface area contributed by atoms with Gasteiger partial charge in [0.1, 0.15) is 29.3 Å². The van der Waals surface area contributed by atoms with E-state index < -0.39 is 24.0 Å². The lowest BCUT2D eigenvalue weighted by molar-refractivity contribution is -0.0217. The minimum Gasteiger partial charge on any atom is -0.454 e. The molecule has 0 fully saturated rings. The monoisotopic (exact) mass is 454 g/mol. The molecule has 2 aliphatic rings. The molecule has 2 aromatic heterocycles. The molecule has 2 aromatic rings. The summed E-state index contributed by atoms with van der Waals surface area (Å²) in [4.78, 5) is 20.0. The van der Waals surface area contributed by atoms with Gasteiger partial charge in [0.15, 0.2) is 0 Å². The van der Waals surface area contributed by atoms with Gasteiger partial charge in [0.2, 0.25) is 0 Å². The Labute approximate surface area is 183 Å². The van der Waals surface area contributed by atoms with Crippen LogP contribution in [0.1, 0.15) is 54.8 Å². The minimum absolute atomic E-state index is 0.359. The third-order valence-electron chi connectivity index (χ3n) is 4.52. The first-order valence-electron chi connectivity index (χ1n) is 9.13. The Morgan fingerprint density at radius 1 is 1.28 bits per heavy atom. The van der Waals surface area contributed by atoms with E-state index in [1.54, 1.807) is 11.0 Å². The molecule has 1 amide bonds. The van der Waals surface area contributed by atoms with Crippen LogP contribution in [0.25, 0.3) is 0 Å². The maximum absolute atomic E-state index is 13.0. The number of ether oxygens (including phenoxy) is 3. The number of hydrogen-bond donors (Lipinski definition) is 0. The van der Waals surface area contributed by atoms with Crippen LogP contribution in [0.2, 0.25) is 9.49 Å². The highest BCUT2D eigenvalue weighted by Crippen LogP contribution is 2.44. The topological polar surface area (TPSA) is 60.9 Å². The number of hydrogen-bond acceptors (Lipinski definition) is 6. The minimum atomic E-state index is -0.621. The van der Waals surface area contributed by atoms with Gasteiger partial charge in [-0.05, 0) is 44.9 Å². The molecule has 1 unspecified atom stereocenters. The van der Waals surface area contributed by atoms with E-state index in [1.807, 2.05) is 32.9 Å². The second-order valence-electron chi connectivity index (χ2n) is 7.76. The van der Waals surface area contributed by atoms with E-state index >= 15 is 0 Å². The van der Waals surface area contributed by atoms with Crippen LogP contribution in [0.3, 0.4) is 0 Å². The lowest BCUT2D eigenvalue weighted by Gasteiger charge is -2.37. The summed E-state index contributed by atoms with van der Waals surface area (Å²) in [6, 6.07) is 5.08. The van der Waals surface area contributed by atoms with Crippen LogP contribution >= 0.6 is 34.5 Å². The Hall–Kier alpha value is -1.96. The van der Waals surface area contributed by atoms with Crippen molar-refractivity contribution in [2.24, 2.45) is 0 Å². The van der Waals surface area contributed by atoms with Crippen molar-refractivity contribution in [3.8, 4) is 0 Å². The van der Waals surface area contributed by atoms with Crippen molar-refractivity contribution in [2.75, 3.05) is 6.54 Å². The van der Waals surface area contributed by atoms with E-state index in [0.29, 0.717) is 28.1 Å². The van der Waals surface area contributed by atoms with Crippen LogP contribution in [-0.4, -0.2) is 28.1 Å². The van der Waals surface area contributed by atoms with Crippen LogP contribution in [0, 0.1) is 0 Å². The van der Waals surface area contributed by atoms with Crippen molar-refractivity contribution in [1.82, 2.24) is 9.88 Å². The molecule has 0 aromatic carbocycles. The number of amides is 1. The molecule has 0 saturated heterocycles. The highest BCUT2D eigenvalue weighted by Gasteiger charge is 2.38. The second kappa shape index (κ2) is 7.70. The number of halogens is 2. The first kappa shape index (κ1) is 20.3. The summed E-state index contributed by atoms with van der Waals surface area (Å²) in [5.41, 5.74) is 1.85. The van der Waals surface area contributed by atoms with Gasteiger partial charge in [0.05, 0.1) is 14.9 Å². The fourth-order valence-electron chi connectivity index (χ4n) is 3.35. The van der Waals surface area contributed by atoms with Gasteiger partial charge in [0.25, 0.3) is 6.29 Å². The van der Waals surface area contributed by atoms with Gasteiger partial charge in [-0.3, -0.25) is 4.90 Å². The molecule has 1 atom stereocenters. The molecule has 0 spiro atoms. The lowest BCUT2D eigenvalue weighted by atomic mass is 9.94. The van der Waals surface area contributed by atoms with Crippen molar-refractivity contribution in [2.45, 2.75) is 45.1 Å². The Kier molecular flexibility index (Phi) is 5.40. The zero-order valence-corrected chi connectivity index (χ0v) is 18.5.